The zero-order valence-electron chi connectivity index (χ0n) is 20.6. The molecule has 0 saturated heterocycles. The van der Waals surface area contributed by atoms with E-state index in [1.54, 1.807) is 26.8 Å². The molecule has 0 N–H and O–H groups in total. The molecule has 0 atom stereocenters. The summed E-state index contributed by atoms with van der Waals surface area (Å²) in [6.07, 6.45) is 1.32. The number of rotatable bonds is 7. The Balaban J connectivity index is 1.74. The van der Waals surface area contributed by atoms with E-state index in [0.29, 0.717) is 28.0 Å². The Morgan fingerprint density at radius 1 is 1.22 bits per heavy atom. The second-order valence-corrected chi connectivity index (χ2v) is 11.2. The Kier molecular flexibility index (Phi) is 7.16. The first kappa shape index (κ1) is 26.1. The van der Waals surface area contributed by atoms with E-state index < -0.39 is 16.8 Å². The van der Waals surface area contributed by atoms with Crippen LogP contribution in [0.1, 0.15) is 46.7 Å². The number of nitrogens with zero attached hydrogens (tertiary/aromatic N) is 6. The average molecular weight is 539 g/mol. The minimum atomic E-state index is -0.729. The zero-order valence-corrected chi connectivity index (χ0v) is 22.1. The highest BCUT2D eigenvalue weighted by Crippen LogP contribution is 2.30. The van der Waals surface area contributed by atoms with Crippen LogP contribution in [-0.4, -0.2) is 38.2 Å². The Morgan fingerprint density at radius 3 is 2.57 bits per heavy atom. The number of halogens is 1. The molecule has 12 heteroatoms. The van der Waals surface area contributed by atoms with Crippen LogP contribution < -0.4 is 10.5 Å². The number of carbonyl (C=O) groups is 2. The molecule has 0 saturated carbocycles. The van der Waals surface area contributed by atoms with Crippen LogP contribution in [0.4, 0.5) is 5.82 Å². The molecular weight excluding hydrogens is 516 g/mol. The van der Waals surface area contributed by atoms with Crippen molar-refractivity contribution in [3.63, 3.8) is 0 Å². The number of nitriles is 1. The van der Waals surface area contributed by atoms with Gasteiger partial charge in [0.05, 0.1) is 29.3 Å². The highest BCUT2D eigenvalue weighted by molar-refractivity contribution is 7.16. The van der Waals surface area contributed by atoms with Crippen LogP contribution in [0.3, 0.4) is 0 Å². The quantitative estimate of drug-likeness (QED) is 0.315. The maximum atomic E-state index is 13.3. The van der Waals surface area contributed by atoms with Crippen molar-refractivity contribution >= 4 is 40.4 Å². The lowest BCUT2D eigenvalue weighted by Crippen LogP contribution is -2.31. The minimum Gasteiger partial charge on any atom is -0.354 e. The topological polar surface area (TPSA) is 127 Å². The molecule has 0 fully saturated rings. The van der Waals surface area contributed by atoms with Gasteiger partial charge in [-0.25, -0.2) is 0 Å². The zero-order chi connectivity index (χ0) is 26.9. The van der Waals surface area contributed by atoms with Gasteiger partial charge in [0.2, 0.25) is 11.5 Å². The Labute approximate surface area is 221 Å². The van der Waals surface area contributed by atoms with Gasteiger partial charge in [-0.15, -0.1) is 11.3 Å². The summed E-state index contributed by atoms with van der Waals surface area (Å²) < 4.78 is 7.88. The molecule has 4 aromatic heterocycles. The average Bonchev–Trinajstić information content (AvgIpc) is 3.60. The van der Waals surface area contributed by atoms with Crippen LogP contribution in [0.2, 0.25) is 4.34 Å². The van der Waals surface area contributed by atoms with E-state index in [1.165, 1.54) is 40.4 Å². The van der Waals surface area contributed by atoms with Crippen molar-refractivity contribution in [2.24, 2.45) is 5.41 Å². The number of hydrogen-bond donors (Lipinski definition) is 0. The fraction of sp³-hybridized carbons (Fsp3) is 0.280. The summed E-state index contributed by atoms with van der Waals surface area (Å²) in [7, 11) is 1.83. The van der Waals surface area contributed by atoms with E-state index in [2.05, 4.69) is 10.3 Å². The molecule has 4 heterocycles. The third kappa shape index (κ3) is 5.55. The normalized spacial score (nSPS) is 11.4. The van der Waals surface area contributed by atoms with E-state index in [9.17, 15) is 19.6 Å². The highest BCUT2D eigenvalue weighted by atomic mass is 35.5. The Hall–Kier alpha value is -4.01. The summed E-state index contributed by atoms with van der Waals surface area (Å²) in [6.45, 7) is 5.47. The predicted octanol–water partition coefficient (Wildman–Crippen LogP) is 4.49. The monoisotopic (exact) mass is 538 g/mol. The molecule has 0 bridgehead atoms. The summed E-state index contributed by atoms with van der Waals surface area (Å²) in [5, 5.41) is 17.7. The van der Waals surface area contributed by atoms with Crippen LogP contribution in [0.15, 0.2) is 51.9 Å². The molecule has 4 rings (SSSR count). The largest absolute Gasteiger partial charge is 0.354 e. The number of Topliss-reactive ketones (excluding diaryl/α,β-unsaturated/α-hetero) is 1. The molecule has 0 unspecified atom stereocenters. The minimum absolute atomic E-state index is 0.0148. The van der Waals surface area contributed by atoms with Crippen molar-refractivity contribution in [1.82, 2.24) is 19.5 Å². The number of aromatic nitrogens is 4. The maximum absolute atomic E-state index is 13.3. The molecule has 190 valence electrons. The molecule has 0 radical (unpaired) electrons. The van der Waals surface area contributed by atoms with E-state index >= 15 is 0 Å². The third-order valence-corrected chi connectivity index (χ3v) is 6.71. The first-order chi connectivity index (χ1) is 17.5. The molecule has 0 aliphatic carbocycles. The Bertz CT molecular complexity index is 1570. The van der Waals surface area contributed by atoms with Gasteiger partial charge in [-0.3, -0.25) is 19.0 Å². The SMILES string of the molecule is CN(Cc1ccc(Cl)s1)c1cc(-c2cc(C#N)n(CC(=O)c3ccno3)c(=O)c2)nn1C(=O)C(C)(C)C. The second kappa shape index (κ2) is 10.2. The molecular formula is C25H23ClN6O4S. The van der Waals surface area contributed by atoms with E-state index in [0.717, 1.165) is 9.44 Å². The van der Waals surface area contributed by atoms with Gasteiger partial charge in [0.25, 0.3) is 11.5 Å². The van der Waals surface area contributed by atoms with Gasteiger partial charge in [-0.2, -0.15) is 15.0 Å². The van der Waals surface area contributed by atoms with Crippen molar-refractivity contribution in [2.75, 3.05) is 11.9 Å². The smallest absolute Gasteiger partial charge is 0.254 e. The molecule has 0 aliphatic rings. The van der Waals surface area contributed by atoms with Gasteiger partial charge in [0.1, 0.15) is 17.6 Å². The van der Waals surface area contributed by atoms with Crippen LogP contribution in [-0.2, 0) is 13.1 Å². The summed E-state index contributed by atoms with van der Waals surface area (Å²) in [5.74, 6) is -0.237. The molecule has 0 amide bonds. The number of ketones is 1. The van der Waals surface area contributed by atoms with Gasteiger partial charge in [-0.05, 0) is 18.2 Å². The third-order valence-electron chi connectivity index (χ3n) is 5.49. The fourth-order valence-corrected chi connectivity index (χ4v) is 4.73. The molecule has 37 heavy (non-hydrogen) atoms. The van der Waals surface area contributed by atoms with Crippen molar-refractivity contribution in [3.05, 3.63) is 73.6 Å². The number of carbonyl (C=O) groups excluding carboxylic acids is 2. The van der Waals surface area contributed by atoms with Gasteiger partial charge >= 0.3 is 0 Å². The molecule has 0 aliphatic heterocycles. The Morgan fingerprint density at radius 2 is 1.97 bits per heavy atom. The highest BCUT2D eigenvalue weighted by Gasteiger charge is 2.28. The van der Waals surface area contributed by atoms with Gasteiger partial charge in [0.15, 0.2) is 0 Å². The standard InChI is InChI=1S/C25H23ClN6O4S/c1-25(2,3)24(35)32-22(30(4)13-17-5-6-21(26)37-17)11-18(29-32)15-9-16(12-27)31(23(34)10-15)14-19(33)20-7-8-28-36-20/h5-11H,13-14H2,1-4H3. The summed E-state index contributed by atoms with van der Waals surface area (Å²) in [4.78, 5) is 41.5. The van der Waals surface area contributed by atoms with Crippen molar-refractivity contribution in [3.8, 4) is 17.3 Å². The maximum Gasteiger partial charge on any atom is 0.254 e. The van der Waals surface area contributed by atoms with E-state index in [-0.39, 0.29) is 23.9 Å². The van der Waals surface area contributed by atoms with Crippen LogP contribution >= 0.6 is 22.9 Å². The number of thiophene rings is 1. The second-order valence-electron chi connectivity index (χ2n) is 9.38. The summed E-state index contributed by atoms with van der Waals surface area (Å²) >= 11 is 7.51. The van der Waals surface area contributed by atoms with E-state index in [4.69, 9.17) is 16.1 Å². The van der Waals surface area contributed by atoms with Crippen molar-refractivity contribution in [1.29, 1.82) is 5.26 Å². The first-order valence-corrected chi connectivity index (χ1v) is 12.4. The van der Waals surface area contributed by atoms with Crippen LogP contribution in [0, 0.1) is 16.7 Å². The first-order valence-electron chi connectivity index (χ1n) is 11.2. The number of anilines is 1. The van der Waals surface area contributed by atoms with Gasteiger partial charge in [-0.1, -0.05) is 37.5 Å². The molecule has 4 aromatic rings. The number of hydrogen-bond acceptors (Lipinski definition) is 9. The summed E-state index contributed by atoms with van der Waals surface area (Å²) in [5.41, 5.74) is -0.643. The van der Waals surface area contributed by atoms with Gasteiger partial charge < -0.3 is 9.42 Å². The van der Waals surface area contributed by atoms with Crippen molar-refractivity contribution < 1.29 is 14.1 Å². The lowest BCUT2D eigenvalue weighted by molar-refractivity contribution is 0.0751. The molecule has 0 aromatic carbocycles. The predicted molar refractivity (Wildman–Crippen MR) is 139 cm³/mol. The number of pyridine rings is 1. The lowest BCUT2D eigenvalue weighted by Gasteiger charge is -2.22. The molecule has 0 spiro atoms. The van der Waals surface area contributed by atoms with Crippen LogP contribution in [0.25, 0.3) is 11.3 Å². The molecule has 10 nitrogen and oxygen atoms in total. The summed E-state index contributed by atoms with van der Waals surface area (Å²) in [6, 6.07) is 11.5. The van der Waals surface area contributed by atoms with E-state index in [1.807, 2.05) is 30.1 Å². The van der Waals surface area contributed by atoms with Crippen molar-refractivity contribution in [2.45, 2.75) is 33.9 Å². The fourth-order valence-electron chi connectivity index (χ4n) is 3.58. The van der Waals surface area contributed by atoms with Crippen LogP contribution in [0.5, 0.6) is 0 Å². The van der Waals surface area contributed by atoms with Gasteiger partial charge in [0, 0.05) is 41.1 Å². The lowest BCUT2D eigenvalue weighted by atomic mass is 9.96.